The van der Waals surface area contributed by atoms with Crippen LogP contribution in [0.5, 0.6) is 0 Å². The number of hydrogen-bond donors (Lipinski definition) is 1. The average molecular weight is 349 g/mol. The number of rotatable bonds is 3. The van der Waals surface area contributed by atoms with Crippen molar-refractivity contribution in [1.82, 2.24) is 10.2 Å². The first-order valence-electron chi connectivity index (χ1n) is 8.35. The quantitative estimate of drug-likeness (QED) is 0.843. The second kappa shape index (κ2) is 7.84. The van der Waals surface area contributed by atoms with Gasteiger partial charge in [-0.2, -0.15) is 0 Å². The van der Waals surface area contributed by atoms with Crippen LogP contribution >= 0.6 is 11.6 Å². The normalized spacial score (nSPS) is 16.0. The molecule has 0 unspecified atom stereocenters. The standard InChI is InChI=1S/C19H25ClN2O2/c1-19(2,3)18(24)21-16(13-14-7-9-15(20)10-8-14)17(23)22-11-5-4-6-12-22/h7-10,13H,4-6,11-12H2,1-3H3,(H,21,24)/b16-13-. The van der Waals surface area contributed by atoms with Crippen molar-refractivity contribution in [2.75, 3.05) is 13.1 Å². The van der Waals surface area contributed by atoms with Gasteiger partial charge in [-0.1, -0.05) is 44.5 Å². The molecular formula is C19H25ClN2O2. The van der Waals surface area contributed by atoms with E-state index in [2.05, 4.69) is 5.32 Å². The Bertz CT molecular complexity index is 624. The largest absolute Gasteiger partial charge is 0.337 e. The van der Waals surface area contributed by atoms with Crippen LogP contribution in [0.15, 0.2) is 30.0 Å². The summed E-state index contributed by atoms with van der Waals surface area (Å²) in [5.41, 5.74) is 0.578. The second-order valence-electron chi connectivity index (χ2n) is 7.17. The predicted molar refractivity (Wildman–Crippen MR) is 97.5 cm³/mol. The SMILES string of the molecule is CC(C)(C)C(=O)N/C(=C\c1ccc(Cl)cc1)C(=O)N1CCCCC1. The van der Waals surface area contributed by atoms with Crippen LogP contribution in [-0.2, 0) is 9.59 Å². The van der Waals surface area contributed by atoms with Crippen LogP contribution in [0.1, 0.15) is 45.6 Å². The number of nitrogens with zero attached hydrogens (tertiary/aromatic N) is 1. The lowest BCUT2D eigenvalue weighted by atomic mass is 9.95. The Morgan fingerprint density at radius 1 is 1.08 bits per heavy atom. The van der Waals surface area contributed by atoms with Crippen molar-refractivity contribution in [1.29, 1.82) is 0 Å². The van der Waals surface area contributed by atoms with Gasteiger partial charge in [-0.15, -0.1) is 0 Å². The molecule has 24 heavy (non-hydrogen) atoms. The first kappa shape index (κ1) is 18.5. The van der Waals surface area contributed by atoms with E-state index in [0.29, 0.717) is 10.7 Å². The van der Waals surface area contributed by atoms with Crippen LogP contribution in [-0.4, -0.2) is 29.8 Å². The number of amides is 2. The third-order valence-corrected chi connectivity index (χ3v) is 4.24. The summed E-state index contributed by atoms with van der Waals surface area (Å²) in [6, 6.07) is 7.19. The number of carbonyl (C=O) groups excluding carboxylic acids is 2. The van der Waals surface area contributed by atoms with E-state index in [-0.39, 0.29) is 11.8 Å². The van der Waals surface area contributed by atoms with Crippen molar-refractivity contribution in [3.8, 4) is 0 Å². The summed E-state index contributed by atoms with van der Waals surface area (Å²) in [6.07, 6.45) is 4.88. The Hall–Kier alpha value is -1.81. The molecule has 1 aromatic rings. The number of halogens is 1. The van der Waals surface area contributed by atoms with E-state index < -0.39 is 5.41 Å². The van der Waals surface area contributed by atoms with Gasteiger partial charge in [0.05, 0.1) is 0 Å². The zero-order valence-electron chi connectivity index (χ0n) is 14.6. The maximum absolute atomic E-state index is 12.8. The molecule has 130 valence electrons. The van der Waals surface area contributed by atoms with Crippen LogP contribution in [0.2, 0.25) is 5.02 Å². The van der Waals surface area contributed by atoms with E-state index in [1.807, 2.05) is 37.8 Å². The van der Waals surface area contributed by atoms with Gasteiger partial charge in [0.2, 0.25) is 5.91 Å². The molecule has 0 aliphatic carbocycles. The third-order valence-electron chi connectivity index (χ3n) is 3.98. The molecule has 0 atom stereocenters. The lowest BCUT2D eigenvalue weighted by Gasteiger charge is -2.28. The molecule has 1 aromatic carbocycles. The van der Waals surface area contributed by atoms with Crippen molar-refractivity contribution in [2.45, 2.75) is 40.0 Å². The van der Waals surface area contributed by atoms with Crippen LogP contribution in [0.25, 0.3) is 6.08 Å². The molecule has 1 saturated heterocycles. The van der Waals surface area contributed by atoms with E-state index >= 15 is 0 Å². The van der Waals surface area contributed by atoms with E-state index in [1.165, 1.54) is 0 Å². The molecule has 0 saturated carbocycles. The van der Waals surface area contributed by atoms with Crippen LogP contribution in [0.4, 0.5) is 0 Å². The van der Waals surface area contributed by atoms with E-state index in [0.717, 1.165) is 37.9 Å². The maximum Gasteiger partial charge on any atom is 0.270 e. The highest BCUT2D eigenvalue weighted by molar-refractivity contribution is 6.30. The summed E-state index contributed by atoms with van der Waals surface area (Å²) >= 11 is 5.91. The Balaban J connectivity index is 2.27. The van der Waals surface area contributed by atoms with Gasteiger partial charge in [-0.05, 0) is 43.0 Å². The third kappa shape index (κ3) is 5.10. The lowest BCUT2D eigenvalue weighted by Crippen LogP contribution is -2.43. The van der Waals surface area contributed by atoms with Gasteiger partial charge in [-0.25, -0.2) is 0 Å². The molecule has 4 nitrogen and oxygen atoms in total. The fourth-order valence-electron chi connectivity index (χ4n) is 2.45. The minimum Gasteiger partial charge on any atom is -0.337 e. The van der Waals surface area contributed by atoms with Crippen LogP contribution in [0, 0.1) is 5.41 Å². The van der Waals surface area contributed by atoms with Crippen LogP contribution in [0.3, 0.4) is 0 Å². The molecule has 5 heteroatoms. The Kier molecular flexibility index (Phi) is 6.05. The summed E-state index contributed by atoms with van der Waals surface area (Å²) in [5, 5.41) is 3.45. The molecule has 1 fully saturated rings. The van der Waals surface area contributed by atoms with Crippen molar-refractivity contribution < 1.29 is 9.59 Å². The van der Waals surface area contributed by atoms with Crippen molar-refractivity contribution in [3.05, 3.63) is 40.5 Å². The molecule has 1 heterocycles. The highest BCUT2D eigenvalue weighted by atomic mass is 35.5. The Morgan fingerprint density at radius 2 is 1.67 bits per heavy atom. The van der Waals surface area contributed by atoms with Crippen LogP contribution < -0.4 is 5.32 Å². The number of nitrogens with one attached hydrogen (secondary N) is 1. The van der Waals surface area contributed by atoms with Gasteiger partial charge in [0.1, 0.15) is 5.70 Å². The van der Waals surface area contributed by atoms with Crippen molar-refractivity contribution >= 4 is 29.5 Å². The minimum absolute atomic E-state index is 0.123. The zero-order chi connectivity index (χ0) is 17.7. The minimum atomic E-state index is -0.568. The molecule has 0 aromatic heterocycles. The lowest BCUT2D eigenvalue weighted by molar-refractivity contribution is -0.132. The average Bonchev–Trinajstić information content (AvgIpc) is 2.55. The monoisotopic (exact) mass is 348 g/mol. The van der Waals surface area contributed by atoms with Gasteiger partial charge in [0.25, 0.3) is 5.91 Å². The summed E-state index contributed by atoms with van der Waals surface area (Å²) in [7, 11) is 0. The Labute approximate surface area is 148 Å². The maximum atomic E-state index is 12.8. The highest BCUT2D eigenvalue weighted by Crippen LogP contribution is 2.18. The first-order valence-corrected chi connectivity index (χ1v) is 8.73. The van der Waals surface area contributed by atoms with E-state index in [9.17, 15) is 9.59 Å². The summed E-state index contributed by atoms with van der Waals surface area (Å²) in [4.78, 5) is 27.0. The number of carbonyl (C=O) groups is 2. The summed E-state index contributed by atoms with van der Waals surface area (Å²) in [5.74, 6) is -0.296. The zero-order valence-corrected chi connectivity index (χ0v) is 15.3. The molecule has 0 radical (unpaired) electrons. The fraction of sp³-hybridized carbons (Fsp3) is 0.474. The topological polar surface area (TPSA) is 49.4 Å². The van der Waals surface area contributed by atoms with Crippen molar-refractivity contribution in [3.63, 3.8) is 0 Å². The van der Waals surface area contributed by atoms with E-state index in [4.69, 9.17) is 11.6 Å². The molecule has 0 spiro atoms. The Morgan fingerprint density at radius 3 is 2.21 bits per heavy atom. The highest BCUT2D eigenvalue weighted by Gasteiger charge is 2.26. The van der Waals surface area contributed by atoms with Gasteiger partial charge in [0.15, 0.2) is 0 Å². The van der Waals surface area contributed by atoms with Gasteiger partial charge in [0, 0.05) is 23.5 Å². The smallest absolute Gasteiger partial charge is 0.270 e. The number of benzene rings is 1. The first-order chi connectivity index (χ1) is 11.3. The molecule has 1 aliphatic rings. The molecule has 1 aliphatic heterocycles. The molecule has 1 N–H and O–H groups in total. The van der Waals surface area contributed by atoms with Gasteiger partial charge < -0.3 is 10.2 Å². The number of hydrogen-bond acceptors (Lipinski definition) is 2. The predicted octanol–water partition coefficient (Wildman–Crippen LogP) is 3.86. The van der Waals surface area contributed by atoms with Gasteiger partial charge >= 0.3 is 0 Å². The fourth-order valence-corrected chi connectivity index (χ4v) is 2.58. The molecule has 2 amide bonds. The summed E-state index contributed by atoms with van der Waals surface area (Å²) < 4.78 is 0. The molecular weight excluding hydrogens is 324 g/mol. The molecule has 2 rings (SSSR count). The van der Waals surface area contributed by atoms with Crippen molar-refractivity contribution in [2.24, 2.45) is 5.41 Å². The number of piperidine rings is 1. The molecule has 0 bridgehead atoms. The second-order valence-corrected chi connectivity index (χ2v) is 7.60. The van der Waals surface area contributed by atoms with E-state index in [1.54, 1.807) is 18.2 Å². The van der Waals surface area contributed by atoms with Gasteiger partial charge in [-0.3, -0.25) is 9.59 Å². The number of likely N-dealkylation sites (tertiary alicyclic amines) is 1. The summed E-state index contributed by atoms with van der Waals surface area (Å²) in [6.45, 7) is 6.96.